The van der Waals surface area contributed by atoms with Crippen LogP contribution < -0.4 is 0 Å². The number of nitrogens with zero attached hydrogens (tertiary/aromatic N) is 2. The number of fused-ring (bicyclic) bond motifs is 1. The van der Waals surface area contributed by atoms with Gasteiger partial charge < -0.3 is 4.74 Å². The molecular weight excluding hydrogens is 319 g/mol. The van der Waals surface area contributed by atoms with Crippen molar-refractivity contribution in [1.29, 1.82) is 0 Å². The Hall–Kier alpha value is -1.11. The van der Waals surface area contributed by atoms with Crippen LogP contribution in [0.5, 0.6) is 0 Å². The Labute approximate surface area is 107 Å². The van der Waals surface area contributed by atoms with Crippen LogP contribution in [0.15, 0.2) is 18.2 Å². The molecule has 0 N–H and O–H groups in total. The van der Waals surface area contributed by atoms with Gasteiger partial charge in [-0.3, -0.25) is 0 Å². The molecule has 0 aliphatic rings. The average Bonchev–Trinajstić information content (AvgIpc) is 2.56. The zero-order valence-electron chi connectivity index (χ0n) is 9.03. The molecule has 2 rings (SSSR count). The second kappa shape index (κ2) is 4.40. The smallest absolute Gasteiger partial charge is 0.342 e. The highest BCUT2D eigenvalue weighted by atomic mass is 127. The summed E-state index contributed by atoms with van der Waals surface area (Å²) < 4.78 is 7.74. The minimum Gasteiger partial charge on any atom is -0.462 e. The SMILES string of the molecule is CCOC(=O)c1c(C)nn2c(I)cccc12. The summed E-state index contributed by atoms with van der Waals surface area (Å²) in [6.45, 7) is 3.98. The maximum absolute atomic E-state index is 11.8. The summed E-state index contributed by atoms with van der Waals surface area (Å²) in [5, 5.41) is 4.32. The van der Waals surface area contributed by atoms with E-state index in [0.29, 0.717) is 17.9 Å². The summed E-state index contributed by atoms with van der Waals surface area (Å²) in [6.07, 6.45) is 0. The van der Waals surface area contributed by atoms with Crippen LogP contribution >= 0.6 is 22.6 Å². The Kier molecular flexibility index (Phi) is 3.13. The van der Waals surface area contributed by atoms with Crippen molar-refractivity contribution in [3.8, 4) is 0 Å². The quantitative estimate of drug-likeness (QED) is 0.483. The van der Waals surface area contributed by atoms with Gasteiger partial charge in [0.05, 0.1) is 17.8 Å². The molecular formula is C11H11IN2O2. The number of pyridine rings is 1. The van der Waals surface area contributed by atoms with Crippen LogP contribution in [-0.2, 0) is 4.74 Å². The summed E-state index contributed by atoms with van der Waals surface area (Å²) in [5.41, 5.74) is 2.05. The van der Waals surface area contributed by atoms with E-state index >= 15 is 0 Å². The van der Waals surface area contributed by atoms with Crippen molar-refractivity contribution >= 4 is 34.1 Å². The molecule has 0 saturated carbocycles. The number of hydrogen-bond acceptors (Lipinski definition) is 3. The molecule has 0 fully saturated rings. The van der Waals surface area contributed by atoms with Crippen LogP contribution in [0.1, 0.15) is 23.0 Å². The van der Waals surface area contributed by atoms with Crippen molar-refractivity contribution in [2.24, 2.45) is 0 Å². The number of hydrogen-bond donors (Lipinski definition) is 0. The minimum absolute atomic E-state index is 0.308. The molecule has 0 radical (unpaired) electrons. The summed E-state index contributed by atoms with van der Waals surface area (Å²) in [6, 6.07) is 5.71. The summed E-state index contributed by atoms with van der Waals surface area (Å²) in [5.74, 6) is -0.308. The van der Waals surface area contributed by atoms with Crippen LogP contribution in [-0.4, -0.2) is 22.2 Å². The van der Waals surface area contributed by atoms with Crippen molar-refractivity contribution in [3.63, 3.8) is 0 Å². The molecule has 0 aliphatic carbocycles. The predicted octanol–water partition coefficient (Wildman–Crippen LogP) is 2.42. The molecule has 0 unspecified atom stereocenters. The molecule has 0 amide bonds. The van der Waals surface area contributed by atoms with E-state index in [1.54, 1.807) is 11.4 Å². The van der Waals surface area contributed by atoms with Gasteiger partial charge >= 0.3 is 5.97 Å². The Morgan fingerprint density at radius 3 is 3.00 bits per heavy atom. The first-order chi connectivity index (χ1) is 7.65. The maximum Gasteiger partial charge on any atom is 0.342 e. The molecule has 4 nitrogen and oxygen atoms in total. The van der Waals surface area contributed by atoms with Crippen LogP contribution in [0.4, 0.5) is 0 Å². The standard InChI is InChI=1S/C11H11IN2O2/c1-3-16-11(15)10-7(2)13-14-8(10)5-4-6-9(14)12/h4-6H,3H2,1-2H3. The monoisotopic (exact) mass is 330 g/mol. The first kappa shape index (κ1) is 11.4. The maximum atomic E-state index is 11.8. The molecule has 84 valence electrons. The van der Waals surface area contributed by atoms with Gasteiger partial charge in [-0.1, -0.05) is 6.07 Å². The Bertz CT molecular complexity index is 548. The lowest BCUT2D eigenvalue weighted by atomic mass is 10.2. The van der Waals surface area contributed by atoms with Crippen molar-refractivity contribution in [2.45, 2.75) is 13.8 Å². The van der Waals surface area contributed by atoms with Crippen LogP contribution in [0, 0.1) is 10.6 Å². The highest BCUT2D eigenvalue weighted by Crippen LogP contribution is 2.18. The first-order valence-electron chi connectivity index (χ1n) is 4.96. The largest absolute Gasteiger partial charge is 0.462 e. The molecule has 2 aromatic heterocycles. The number of aromatic nitrogens is 2. The second-order valence-corrected chi connectivity index (χ2v) is 4.43. The van der Waals surface area contributed by atoms with E-state index in [1.807, 2.05) is 25.1 Å². The Balaban J connectivity index is 2.65. The van der Waals surface area contributed by atoms with Gasteiger partial charge in [0.1, 0.15) is 9.26 Å². The van der Waals surface area contributed by atoms with Gasteiger partial charge in [-0.05, 0) is 48.6 Å². The highest BCUT2D eigenvalue weighted by molar-refractivity contribution is 14.1. The van der Waals surface area contributed by atoms with E-state index in [-0.39, 0.29) is 5.97 Å². The van der Waals surface area contributed by atoms with Gasteiger partial charge in [0.25, 0.3) is 0 Å². The van der Waals surface area contributed by atoms with Gasteiger partial charge in [0.15, 0.2) is 0 Å². The number of ether oxygens (including phenoxy) is 1. The van der Waals surface area contributed by atoms with Gasteiger partial charge in [-0.2, -0.15) is 5.10 Å². The molecule has 2 aromatic rings. The molecule has 0 spiro atoms. The van der Waals surface area contributed by atoms with Crippen molar-refractivity contribution in [2.75, 3.05) is 6.61 Å². The molecule has 0 saturated heterocycles. The Morgan fingerprint density at radius 2 is 2.31 bits per heavy atom. The van der Waals surface area contributed by atoms with Crippen molar-refractivity contribution < 1.29 is 9.53 Å². The minimum atomic E-state index is -0.308. The van der Waals surface area contributed by atoms with Crippen molar-refractivity contribution in [3.05, 3.63) is 33.2 Å². The number of carbonyl (C=O) groups is 1. The Morgan fingerprint density at radius 1 is 1.56 bits per heavy atom. The zero-order valence-corrected chi connectivity index (χ0v) is 11.2. The summed E-state index contributed by atoms with van der Waals surface area (Å²) in [7, 11) is 0. The highest BCUT2D eigenvalue weighted by Gasteiger charge is 2.18. The van der Waals surface area contributed by atoms with Crippen molar-refractivity contribution in [1.82, 2.24) is 9.61 Å². The van der Waals surface area contributed by atoms with E-state index < -0.39 is 0 Å². The number of halogens is 1. The molecule has 0 aliphatic heterocycles. The van der Waals surface area contributed by atoms with Crippen LogP contribution in [0.25, 0.3) is 5.52 Å². The average molecular weight is 330 g/mol. The number of esters is 1. The third kappa shape index (κ3) is 1.79. The zero-order chi connectivity index (χ0) is 11.7. The topological polar surface area (TPSA) is 43.6 Å². The second-order valence-electron chi connectivity index (χ2n) is 3.33. The van der Waals surface area contributed by atoms with Gasteiger partial charge in [-0.25, -0.2) is 9.31 Å². The van der Waals surface area contributed by atoms with Gasteiger partial charge in [0.2, 0.25) is 0 Å². The molecule has 2 heterocycles. The lowest BCUT2D eigenvalue weighted by molar-refractivity contribution is 0.0528. The number of carbonyl (C=O) groups excluding carboxylic acids is 1. The van der Waals surface area contributed by atoms with E-state index in [2.05, 4.69) is 27.7 Å². The van der Waals surface area contributed by atoms with E-state index in [4.69, 9.17) is 4.74 Å². The van der Waals surface area contributed by atoms with Gasteiger partial charge in [-0.15, -0.1) is 0 Å². The first-order valence-corrected chi connectivity index (χ1v) is 6.04. The van der Waals surface area contributed by atoms with Crippen LogP contribution in [0.3, 0.4) is 0 Å². The fourth-order valence-electron chi connectivity index (χ4n) is 1.61. The number of rotatable bonds is 2. The third-order valence-corrected chi connectivity index (χ3v) is 3.08. The lowest BCUT2D eigenvalue weighted by Crippen LogP contribution is -2.05. The molecule has 0 bridgehead atoms. The van der Waals surface area contributed by atoms with E-state index in [0.717, 1.165) is 9.22 Å². The number of aryl methyl sites for hydroxylation is 1. The van der Waals surface area contributed by atoms with E-state index in [9.17, 15) is 4.79 Å². The molecule has 16 heavy (non-hydrogen) atoms. The third-order valence-electron chi connectivity index (χ3n) is 2.27. The fraction of sp³-hybridized carbons (Fsp3) is 0.273. The van der Waals surface area contributed by atoms with Crippen LogP contribution in [0.2, 0.25) is 0 Å². The predicted molar refractivity (Wildman–Crippen MR) is 68.6 cm³/mol. The summed E-state index contributed by atoms with van der Waals surface area (Å²) >= 11 is 2.18. The normalized spacial score (nSPS) is 10.7. The summed E-state index contributed by atoms with van der Waals surface area (Å²) in [4.78, 5) is 11.8. The molecule has 0 atom stereocenters. The van der Waals surface area contributed by atoms with E-state index in [1.165, 1.54) is 0 Å². The molecule has 5 heteroatoms. The van der Waals surface area contributed by atoms with Gasteiger partial charge in [0, 0.05) is 0 Å². The molecule has 0 aromatic carbocycles. The lowest BCUT2D eigenvalue weighted by Gasteiger charge is -2.00. The fourth-order valence-corrected chi connectivity index (χ4v) is 2.18.